The van der Waals surface area contributed by atoms with Gasteiger partial charge in [0.05, 0.1) is 0 Å². The van der Waals surface area contributed by atoms with Crippen molar-refractivity contribution in [1.82, 2.24) is 14.9 Å². The highest BCUT2D eigenvalue weighted by atomic mass is 15.2. The maximum atomic E-state index is 5.83. The zero-order valence-electron chi connectivity index (χ0n) is 12.0. The van der Waals surface area contributed by atoms with E-state index in [1.165, 1.54) is 19.4 Å². The topological polar surface area (TPSA) is 67.1 Å². The summed E-state index contributed by atoms with van der Waals surface area (Å²) in [7, 11) is 0. The molecule has 0 saturated carbocycles. The number of nitrogens with one attached hydrogen (secondary N) is 1. The summed E-state index contributed by atoms with van der Waals surface area (Å²) in [4.78, 5) is 11.3. The van der Waals surface area contributed by atoms with E-state index >= 15 is 0 Å². The summed E-state index contributed by atoms with van der Waals surface area (Å²) in [6, 6.07) is 2.44. The van der Waals surface area contributed by atoms with Gasteiger partial charge in [0, 0.05) is 25.1 Å². The van der Waals surface area contributed by atoms with Gasteiger partial charge in [-0.15, -0.1) is 0 Å². The fourth-order valence-corrected chi connectivity index (χ4v) is 2.71. The molecule has 1 aliphatic rings. The molecule has 2 rings (SSSR count). The van der Waals surface area contributed by atoms with Gasteiger partial charge in [0.15, 0.2) is 0 Å². The largest absolute Gasteiger partial charge is 0.384 e. The predicted octanol–water partition coefficient (Wildman–Crippen LogP) is 1.91. The van der Waals surface area contributed by atoms with Crippen molar-refractivity contribution in [3.63, 3.8) is 0 Å². The summed E-state index contributed by atoms with van der Waals surface area (Å²) >= 11 is 0. The molecule has 106 valence electrons. The Kier molecular flexibility index (Phi) is 4.96. The molecular formula is C14H25N5. The maximum Gasteiger partial charge on any atom is 0.133 e. The Labute approximate surface area is 115 Å². The van der Waals surface area contributed by atoms with Gasteiger partial charge < -0.3 is 11.1 Å². The van der Waals surface area contributed by atoms with Gasteiger partial charge in [-0.25, -0.2) is 9.97 Å². The van der Waals surface area contributed by atoms with Crippen molar-refractivity contribution in [3.8, 4) is 0 Å². The van der Waals surface area contributed by atoms with Gasteiger partial charge in [0.1, 0.15) is 17.5 Å². The molecule has 0 radical (unpaired) electrons. The molecule has 1 aromatic heterocycles. The van der Waals surface area contributed by atoms with Crippen molar-refractivity contribution in [2.75, 3.05) is 30.7 Å². The van der Waals surface area contributed by atoms with Gasteiger partial charge in [-0.05, 0) is 32.4 Å². The Balaban J connectivity index is 1.95. The zero-order valence-corrected chi connectivity index (χ0v) is 12.0. The van der Waals surface area contributed by atoms with E-state index in [1.54, 1.807) is 0 Å². The number of nitrogen functional groups attached to an aromatic ring is 1. The number of rotatable bonds is 6. The maximum absolute atomic E-state index is 5.83. The highest BCUT2D eigenvalue weighted by Crippen LogP contribution is 2.17. The number of nitrogens with zero attached hydrogens (tertiary/aromatic N) is 3. The van der Waals surface area contributed by atoms with Crippen LogP contribution < -0.4 is 11.1 Å². The standard InChI is InChI=1S/C14H25N5/c1-3-6-13-17-12(15)9-14(18-13)16-10-11-7-5-8-19(11)4-2/h9,11H,3-8,10H2,1-2H3,(H3,15,16,17,18). The summed E-state index contributed by atoms with van der Waals surface area (Å²) in [5.74, 6) is 2.25. The van der Waals surface area contributed by atoms with Crippen molar-refractivity contribution in [2.45, 2.75) is 45.6 Å². The molecule has 5 heteroatoms. The Morgan fingerprint density at radius 1 is 1.42 bits per heavy atom. The number of likely N-dealkylation sites (N-methyl/N-ethyl adjacent to an activating group) is 1. The third-order valence-electron chi connectivity index (χ3n) is 3.69. The van der Waals surface area contributed by atoms with Crippen LogP contribution in [0.5, 0.6) is 0 Å². The van der Waals surface area contributed by atoms with Crippen LogP contribution in [0.25, 0.3) is 0 Å². The molecule has 1 aliphatic heterocycles. The van der Waals surface area contributed by atoms with Crippen LogP contribution in [0.4, 0.5) is 11.6 Å². The number of hydrogen-bond acceptors (Lipinski definition) is 5. The number of likely N-dealkylation sites (tertiary alicyclic amines) is 1. The Bertz CT molecular complexity index is 407. The smallest absolute Gasteiger partial charge is 0.133 e. The summed E-state index contributed by atoms with van der Waals surface area (Å²) in [5, 5.41) is 3.42. The number of anilines is 2. The van der Waals surface area contributed by atoms with Crippen molar-refractivity contribution < 1.29 is 0 Å². The van der Waals surface area contributed by atoms with Crippen LogP contribution in [0.15, 0.2) is 6.07 Å². The predicted molar refractivity (Wildman–Crippen MR) is 79.2 cm³/mol. The van der Waals surface area contributed by atoms with Crippen LogP contribution >= 0.6 is 0 Å². The molecule has 0 spiro atoms. The highest BCUT2D eigenvalue weighted by molar-refractivity contribution is 5.44. The van der Waals surface area contributed by atoms with Gasteiger partial charge in [0.2, 0.25) is 0 Å². The Morgan fingerprint density at radius 3 is 3.00 bits per heavy atom. The van der Waals surface area contributed by atoms with Crippen LogP contribution in [-0.2, 0) is 6.42 Å². The number of aromatic nitrogens is 2. The van der Waals surface area contributed by atoms with Crippen LogP contribution in [0.3, 0.4) is 0 Å². The first-order valence-electron chi connectivity index (χ1n) is 7.34. The first-order valence-corrected chi connectivity index (χ1v) is 7.34. The summed E-state index contributed by atoms with van der Waals surface area (Å²) in [5.41, 5.74) is 5.83. The lowest BCUT2D eigenvalue weighted by Crippen LogP contribution is -2.34. The van der Waals surface area contributed by atoms with E-state index in [0.29, 0.717) is 11.9 Å². The van der Waals surface area contributed by atoms with E-state index < -0.39 is 0 Å². The summed E-state index contributed by atoms with van der Waals surface area (Å²) in [6.45, 7) is 7.63. The molecule has 0 aromatic carbocycles. The second kappa shape index (κ2) is 6.70. The normalized spacial score (nSPS) is 19.8. The second-order valence-electron chi connectivity index (χ2n) is 5.15. The molecule has 0 aliphatic carbocycles. The zero-order chi connectivity index (χ0) is 13.7. The van der Waals surface area contributed by atoms with E-state index in [-0.39, 0.29) is 0 Å². The molecular weight excluding hydrogens is 238 g/mol. The third kappa shape index (κ3) is 3.80. The fourth-order valence-electron chi connectivity index (χ4n) is 2.71. The molecule has 1 atom stereocenters. The summed E-state index contributed by atoms with van der Waals surface area (Å²) < 4.78 is 0. The molecule has 1 saturated heterocycles. The molecule has 5 nitrogen and oxygen atoms in total. The van der Waals surface area contributed by atoms with Crippen LogP contribution in [0.1, 0.15) is 38.9 Å². The van der Waals surface area contributed by atoms with Crippen LogP contribution in [-0.4, -0.2) is 40.5 Å². The van der Waals surface area contributed by atoms with Gasteiger partial charge in [-0.2, -0.15) is 0 Å². The van der Waals surface area contributed by atoms with E-state index in [9.17, 15) is 0 Å². The van der Waals surface area contributed by atoms with E-state index in [4.69, 9.17) is 5.73 Å². The minimum atomic E-state index is 0.555. The third-order valence-corrected chi connectivity index (χ3v) is 3.69. The first kappa shape index (κ1) is 14.1. The quantitative estimate of drug-likeness (QED) is 0.820. The highest BCUT2D eigenvalue weighted by Gasteiger charge is 2.22. The van der Waals surface area contributed by atoms with Crippen molar-refractivity contribution >= 4 is 11.6 Å². The molecule has 0 amide bonds. The molecule has 1 fully saturated rings. The average molecular weight is 263 g/mol. The van der Waals surface area contributed by atoms with E-state index in [0.717, 1.165) is 37.6 Å². The van der Waals surface area contributed by atoms with Gasteiger partial charge in [-0.1, -0.05) is 13.8 Å². The molecule has 1 aromatic rings. The van der Waals surface area contributed by atoms with Crippen molar-refractivity contribution in [2.24, 2.45) is 0 Å². The fraction of sp³-hybridized carbons (Fsp3) is 0.714. The van der Waals surface area contributed by atoms with Crippen molar-refractivity contribution in [3.05, 3.63) is 11.9 Å². The Hall–Kier alpha value is -1.36. The van der Waals surface area contributed by atoms with Crippen LogP contribution in [0, 0.1) is 0 Å². The monoisotopic (exact) mass is 263 g/mol. The lowest BCUT2D eigenvalue weighted by molar-refractivity contribution is 0.277. The SMILES string of the molecule is CCCc1nc(N)cc(NCC2CCCN2CC)n1. The van der Waals surface area contributed by atoms with Gasteiger partial charge in [-0.3, -0.25) is 4.90 Å². The minimum absolute atomic E-state index is 0.555. The van der Waals surface area contributed by atoms with E-state index in [1.807, 2.05) is 6.07 Å². The average Bonchev–Trinajstić information content (AvgIpc) is 2.83. The Morgan fingerprint density at radius 2 is 2.26 bits per heavy atom. The van der Waals surface area contributed by atoms with Crippen LogP contribution in [0.2, 0.25) is 0 Å². The molecule has 3 N–H and O–H groups in total. The lowest BCUT2D eigenvalue weighted by atomic mass is 10.2. The van der Waals surface area contributed by atoms with Gasteiger partial charge >= 0.3 is 0 Å². The number of nitrogens with two attached hydrogens (primary N) is 1. The summed E-state index contributed by atoms with van der Waals surface area (Å²) in [6.07, 6.45) is 4.48. The molecule has 0 bridgehead atoms. The van der Waals surface area contributed by atoms with Gasteiger partial charge in [0.25, 0.3) is 0 Å². The first-order chi connectivity index (χ1) is 9.22. The lowest BCUT2D eigenvalue weighted by Gasteiger charge is -2.23. The second-order valence-corrected chi connectivity index (χ2v) is 5.15. The molecule has 2 heterocycles. The van der Waals surface area contributed by atoms with E-state index in [2.05, 4.69) is 34.0 Å². The molecule has 1 unspecified atom stereocenters. The van der Waals surface area contributed by atoms with Crippen molar-refractivity contribution in [1.29, 1.82) is 0 Å². The number of hydrogen-bond donors (Lipinski definition) is 2. The minimum Gasteiger partial charge on any atom is -0.384 e. The number of aryl methyl sites for hydroxylation is 1. The molecule has 19 heavy (non-hydrogen) atoms.